The molecule has 0 nitrogen and oxygen atoms in total. The fraction of sp³-hybridized carbons (Fsp3) is 0.333. The van der Waals surface area contributed by atoms with Crippen LogP contribution in [0.15, 0.2) is 34.5 Å². The normalized spacial score (nSPS) is 12.2. The van der Waals surface area contributed by atoms with E-state index in [0.717, 1.165) is 0 Å². The molecule has 0 saturated heterocycles. The van der Waals surface area contributed by atoms with Gasteiger partial charge >= 0.3 is 0 Å². The van der Waals surface area contributed by atoms with E-state index in [2.05, 4.69) is 50.4 Å². The first-order valence-electron chi connectivity index (χ1n) is 4.71. The van der Waals surface area contributed by atoms with E-state index in [1.54, 1.807) is 0 Å². The van der Waals surface area contributed by atoms with Gasteiger partial charge in [-0.3, -0.25) is 0 Å². The molecule has 1 heterocycles. The minimum Gasteiger partial charge on any atom is -0.144 e. The highest BCUT2D eigenvalue weighted by Gasteiger charge is 2.12. The molecule has 0 spiro atoms. The second-order valence-corrected chi connectivity index (χ2v) is 7.18. The molecule has 0 unspecified atom stereocenters. The third-order valence-corrected chi connectivity index (χ3v) is 3.83. The molecule has 1 aromatic carbocycles. The van der Waals surface area contributed by atoms with Gasteiger partial charge in [-0.25, -0.2) is 0 Å². The van der Waals surface area contributed by atoms with Crippen molar-refractivity contribution in [1.29, 1.82) is 0 Å². The summed E-state index contributed by atoms with van der Waals surface area (Å²) in [6.45, 7) is 6.74. The van der Waals surface area contributed by atoms with Crippen molar-refractivity contribution in [3.8, 4) is 0 Å². The zero-order valence-electron chi connectivity index (χ0n) is 8.70. The van der Waals surface area contributed by atoms with Crippen LogP contribution in [0.4, 0.5) is 0 Å². The highest BCUT2D eigenvalue weighted by atomic mass is 32.2. The van der Waals surface area contributed by atoms with E-state index < -0.39 is 0 Å². The van der Waals surface area contributed by atoms with Crippen molar-refractivity contribution in [1.82, 2.24) is 0 Å². The van der Waals surface area contributed by atoms with Gasteiger partial charge in [0.25, 0.3) is 0 Å². The van der Waals surface area contributed by atoms with E-state index in [9.17, 15) is 0 Å². The Balaban J connectivity index is 2.35. The molecule has 2 aromatic rings. The Kier molecular flexibility index (Phi) is 2.58. The molecule has 0 aliphatic heterocycles. The average Bonchev–Trinajstić information content (AvgIpc) is 2.47. The van der Waals surface area contributed by atoms with E-state index in [-0.39, 0.29) is 0 Å². The van der Waals surface area contributed by atoms with E-state index >= 15 is 0 Å². The molecule has 0 atom stereocenters. The Morgan fingerprint density at radius 2 is 1.93 bits per heavy atom. The van der Waals surface area contributed by atoms with E-state index in [4.69, 9.17) is 0 Å². The van der Waals surface area contributed by atoms with Crippen LogP contribution in [-0.2, 0) is 0 Å². The van der Waals surface area contributed by atoms with Gasteiger partial charge in [0, 0.05) is 14.3 Å². The minimum absolute atomic E-state index is 0.297. The van der Waals surface area contributed by atoms with Gasteiger partial charge in [-0.15, -0.1) is 23.1 Å². The summed E-state index contributed by atoms with van der Waals surface area (Å²) in [6.07, 6.45) is 0. The second-order valence-electron chi connectivity index (χ2n) is 4.33. The van der Waals surface area contributed by atoms with Gasteiger partial charge in [-0.1, -0.05) is 26.8 Å². The molecule has 0 aliphatic carbocycles. The molecule has 14 heavy (non-hydrogen) atoms. The fourth-order valence-corrected chi connectivity index (χ4v) is 3.28. The number of thioether (sulfide) groups is 1. The highest BCUT2D eigenvalue weighted by molar-refractivity contribution is 8.00. The summed E-state index contributed by atoms with van der Waals surface area (Å²) >= 11 is 3.74. The maximum atomic E-state index is 2.29. The largest absolute Gasteiger partial charge is 0.144 e. The lowest BCUT2D eigenvalue weighted by Crippen LogP contribution is -2.06. The van der Waals surface area contributed by atoms with Crippen LogP contribution in [0.25, 0.3) is 10.1 Å². The Morgan fingerprint density at radius 3 is 2.64 bits per heavy atom. The molecule has 2 heteroatoms. The van der Waals surface area contributed by atoms with Gasteiger partial charge in [0.1, 0.15) is 0 Å². The molecule has 0 fully saturated rings. The van der Waals surface area contributed by atoms with Crippen LogP contribution >= 0.6 is 23.1 Å². The summed E-state index contributed by atoms with van der Waals surface area (Å²) in [6, 6.07) is 8.88. The molecule has 0 aliphatic rings. The summed E-state index contributed by atoms with van der Waals surface area (Å²) in [5, 5.41) is 3.50. The smallest absolute Gasteiger partial charge is 0.0353 e. The van der Waals surface area contributed by atoms with Crippen molar-refractivity contribution in [3.05, 3.63) is 29.6 Å². The number of fused-ring (bicyclic) bond motifs is 1. The van der Waals surface area contributed by atoms with Crippen LogP contribution in [0.1, 0.15) is 20.8 Å². The molecular formula is C12H14S2. The lowest BCUT2D eigenvalue weighted by molar-refractivity contribution is 0.803. The van der Waals surface area contributed by atoms with Crippen molar-refractivity contribution in [2.24, 2.45) is 0 Å². The second kappa shape index (κ2) is 3.59. The van der Waals surface area contributed by atoms with Crippen molar-refractivity contribution in [2.75, 3.05) is 0 Å². The Hall–Kier alpha value is -0.470. The summed E-state index contributed by atoms with van der Waals surface area (Å²) < 4.78 is 1.68. The molecule has 0 saturated carbocycles. The number of thiophene rings is 1. The molecule has 0 N–H and O–H groups in total. The first kappa shape index (κ1) is 10.1. The third kappa shape index (κ3) is 2.31. The lowest BCUT2D eigenvalue weighted by atomic mass is 10.2. The summed E-state index contributed by atoms with van der Waals surface area (Å²) in [5.74, 6) is 0. The van der Waals surface area contributed by atoms with Crippen LogP contribution in [0.2, 0.25) is 0 Å². The Labute approximate surface area is 93.3 Å². The van der Waals surface area contributed by atoms with E-state index in [1.165, 1.54) is 15.0 Å². The molecular weight excluding hydrogens is 208 g/mol. The first-order valence-corrected chi connectivity index (χ1v) is 6.40. The first-order chi connectivity index (χ1) is 6.54. The molecule has 1 aromatic heterocycles. The highest BCUT2D eigenvalue weighted by Crippen LogP contribution is 2.34. The van der Waals surface area contributed by atoms with Crippen LogP contribution in [0.5, 0.6) is 0 Å². The minimum atomic E-state index is 0.297. The van der Waals surface area contributed by atoms with Crippen LogP contribution in [0, 0.1) is 0 Å². The molecule has 0 amide bonds. The Bertz CT molecular complexity index is 435. The zero-order valence-corrected chi connectivity index (χ0v) is 10.3. The number of hydrogen-bond donors (Lipinski definition) is 0. The zero-order chi connectivity index (χ0) is 10.2. The SMILES string of the molecule is CC(C)(C)Sc1ccc2ccsc2c1. The van der Waals surface area contributed by atoms with Crippen LogP contribution in [0.3, 0.4) is 0 Å². The molecule has 2 rings (SSSR count). The number of rotatable bonds is 1. The van der Waals surface area contributed by atoms with Gasteiger partial charge < -0.3 is 0 Å². The number of hydrogen-bond acceptors (Lipinski definition) is 2. The van der Waals surface area contributed by atoms with Crippen molar-refractivity contribution >= 4 is 33.2 Å². The number of benzene rings is 1. The summed E-state index contributed by atoms with van der Waals surface area (Å²) in [7, 11) is 0. The van der Waals surface area contributed by atoms with E-state index in [0.29, 0.717) is 4.75 Å². The predicted molar refractivity (Wildman–Crippen MR) is 67.4 cm³/mol. The molecule has 0 bridgehead atoms. The molecule has 0 radical (unpaired) electrons. The average molecular weight is 222 g/mol. The monoisotopic (exact) mass is 222 g/mol. The maximum Gasteiger partial charge on any atom is 0.0353 e. The van der Waals surface area contributed by atoms with Gasteiger partial charge in [0.2, 0.25) is 0 Å². The van der Waals surface area contributed by atoms with Crippen molar-refractivity contribution in [3.63, 3.8) is 0 Å². The van der Waals surface area contributed by atoms with Gasteiger partial charge in [-0.05, 0) is 29.0 Å². The van der Waals surface area contributed by atoms with E-state index in [1.807, 2.05) is 23.1 Å². The summed E-state index contributed by atoms with van der Waals surface area (Å²) in [5.41, 5.74) is 0. The fourth-order valence-electron chi connectivity index (χ4n) is 1.35. The molecule has 74 valence electrons. The topological polar surface area (TPSA) is 0 Å². The van der Waals surface area contributed by atoms with Gasteiger partial charge in [0.15, 0.2) is 0 Å². The standard InChI is InChI=1S/C12H14S2/c1-12(2,3)14-10-5-4-9-6-7-13-11(9)8-10/h4-8H,1-3H3. The third-order valence-electron chi connectivity index (χ3n) is 1.85. The Morgan fingerprint density at radius 1 is 1.14 bits per heavy atom. The van der Waals surface area contributed by atoms with Crippen molar-refractivity contribution in [2.45, 2.75) is 30.4 Å². The van der Waals surface area contributed by atoms with Crippen LogP contribution in [-0.4, -0.2) is 4.75 Å². The van der Waals surface area contributed by atoms with Gasteiger partial charge in [0.05, 0.1) is 0 Å². The van der Waals surface area contributed by atoms with Crippen molar-refractivity contribution < 1.29 is 0 Å². The maximum absolute atomic E-state index is 2.29. The summed E-state index contributed by atoms with van der Waals surface area (Å²) in [4.78, 5) is 1.37. The van der Waals surface area contributed by atoms with Gasteiger partial charge in [-0.2, -0.15) is 0 Å². The quantitative estimate of drug-likeness (QED) is 0.625. The van der Waals surface area contributed by atoms with Crippen LogP contribution < -0.4 is 0 Å². The predicted octanol–water partition coefficient (Wildman–Crippen LogP) is 4.79. The lowest BCUT2D eigenvalue weighted by Gasteiger charge is -2.17.